The van der Waals surface area contributed by atoms with Crippen molar-refractivity contribution >= 4 is 47.3 Å². The number of benzene rings is 1. The number of ether oxygens (including phenoxy) is 3. The molecular formula is C20H23NO6S3. The summed E-state index contributed by atoms with van der Waals surface area (Å²) in [6, 6.07) is 4.94. The molecular weight excluding hydrogens is 446 g/mol. The number of aromatic hydroxyl groups is 1. The number of aromatic nitrogens is 1. The molecule has 7 nitrogen and oxygen atoms in total. The lowest BCUT2D eigenvalue weighted by atomic mass is 9.82. The van der Waals surface area contributed by atoms with Gasteiger partial charge < -0.3 is 24.3 Å². The van der Waals surface area contributed by atoms with Gasteiger partial charge in [-0.15, -0.1) is 11.3 Å². The van der Waals surface area contributed by atoms with Crippen molar-refractivity contribution in [1.29, 1.82) is 0 Å². The van der Waals surface area contributed by atoms with Crippen molar-refractivity contribution < 1.29 is 28.9 Å². The quantitative estimate of drug-likeness (QED) is 0.459. The van der Waals surface area contributed by atoms with E-state index in [-0.39, 0.29) is 19.0 Å². The molecule has 30 heavy (non-hydrogen) atoms. The van der Waals surface area contributed by atoms with Crippen LogP contribution in [0.25, 0.3) is 0 Å². The number of phenols is 1. The van der Waals surface area contributed by atoms with Gasteiger partial charge in [-0.1, -0.05) is 17.8 Å². The standard InChI is InChI=1S/C20H23NO6S3/c1-4-25-12-9-10(7-8-11(12)22)13-14(18(23)26-5-2)16(19(24)27-6-3)29-17-15(13)30-20(28)21-17/h7-9,13-14,16,22H,4-6H2,1-3H3,(H,21,28). The average Bonchev–Trinajstić information content (AvgIpc) is 3.08. The lowest BCUT2D eigenvalue weighted by molar-refractivity contribution is -0.154. The Hall–Kier alpha value is -2.04. The largest absolute Gasteiger partial charge is 0.504 e. The molecule has 0 fully saturated rings. The van der Waals surface area contributed by atoms with E-state index < -0.39 is 29.0 Å². The zero-order valence-corrected chi connectivity index (χ0v) is 19.2. The number of carbonyl (C=O) groups is 2. The van der Waals surface area contributed by atoms with E-state index in [2.05, 4.69) is 4.98 Å². The Labute approximate surface area is 187 Å². The van der Waals surface area contributed by atoms with Crippen LogP contribution in [0.4, 0.5) is 0 Å². The second kappa shape index (κ2) is 9.84. The van der Waals surface area contributed by atoms with Crippen LogP contribution in [-0.2, 0) is 19.1 Å². The van der Waals surface area contributed by atoms with Crippen molar-refractivity contribution in [1.82, 2.24) is 4.98 Å². The fourth-order valence-electron chi connectivity index (χ4n) is 3.43. The molecule has 1 aliphatic rings. The van der Waals surface area contributed by atoms with Gasteiger partial charge in [-0.25, -0.2) is 0 Å². The fourth-order valence-corrected chi connectivity index (χ4v) is 6.34. The van der Waals surface area contributed by atoms with Gasteiger partial charge in [0.1, 0.15) is 5.25 Å². The first-order valence-electron chi connectivity index (χ1n) is 9.59. The number of thioether (sulfide) groups is 1. The second-order valence-corrected chi connectivity index (χ2v) is 9.28. The van der Waals surface area contributed by atoms with Gasteiger partial charge in [0.05, 0.1) is 30.8 Å². The molecule has 2 heterocycles. The normalized spacial score (nSPS) is 20.3. The summed E-state index contributed by atoms with van der Waals surface area (Å²) >= 11 is 7.93. The maximum absolute atomic E-state index is 13.0. The van der Waals surface area contributed by atoms with Crippen LogP contribution < -0.4 is 4.74 Å². The second-order valence-electron chi connectivity index (χ2n) is 6.41. The fraction of sp³-hybridized carbons (Fsp3) is 0.450. The molecule has 0 radical (unpaired) electrons. The van der Waals surface area contributed by atoms with Crippen molar-refractivity contribution in [2.75, 3.05) is 19.8 Å². The molecule has 0 saturated heterocycles. The lowest BCUT2D eigenvalue weighted by Gasteiger charge is -2.34. The number of fused-ring (bicyclic) bond motifs is 1. The van der Waals surface area contributed by atoms with Crippen LogP contribution in [0.5, 0.6) is 11.5 Å². The van der Waals surface area contributed by atoms with Crippen molar-refractivity contribution in [3.05, 3.63) is 32.6 Å². The summed E-state index contributed by atoms with van der Waals surface area (Å²) in [6.07, 6.45) is 0. The molecule has 0 aliphatic carbocycles. The maximum Gasteiger partial charge on any atom is 0.320 e. The van der Waals surface area contributed by atoms with Crippen LogP contribution in [0.15, 0.2) is 23.2 Å². The Bertz CT molecular complexity index is 985. The first-order chi connectivity index (χ1) is 14.4. The van der Waals surface area contributed by atoms with Crippen LogP contribution in [-0.4, -0.2) is 47.1 Å². The highest BCUT2D eigenvalue weighted by Gasteiger charge is 2.49. The summed E-state index contributed by atoms with van der Waals surface area (Å²) in [5.74, 6) is -1.98. The molecule has 10 heteroatoms. The summed E-state index contributed by atoms with van der Waals surface area (Å²) in [7, 11) is 0. The zero-order chi connectivity index (χ0) is 21.8. The summed E-state index contributed by atoms with van der Waals surface area (Å²) in [5.41, 5.74) is 0.718. The highest BCUT2D eigenvalue weighted by atomic mass is 32.2. The van der Waals surface area contributed by atoms with Gasteiger partial charge in [0.25, 0.3) is 0 Å². The maximum atomic E-state index is 13.0. The number of nitrogens with one attached hydrogen (secondary N) is 1. The summed E-state index contributed by atoms with van der Waals surface area (Å²) in [6.45, 7) is 6.03. The summed E-state index contributed by atoms with van der Waals surface area (Å²) in [4.78, 5) is 29.8. The zero-order valence-electron chi connectivity index (χ0n) is 16.8. The predicted octanol–water partition coefficient (Wildman–Crippen LogP) is 4.26. The number of thiazole rings is 1. The average molecular weight is 470 g/mol. The summed E-state index contributed by atoms with van der Waals surface area (Å²) in [5, 5.41) is 10.1. The van der Waals surface area contributed by atoms with E-state index in [0.29, 0.717) is 16.3 Å². The van der Waals surface area contributed by atoms with Crippen molar-refractivity contribution in [3.8, 4) is 11.5 Å². The Morgan fingerprint density at radius 3 is 2.50 bits per heavy atom. The van der Waals surface area contributed by atoms with Gasteiger partial charge in [-0.05, 0) is 50.7 Å². The molecule has 0 bridgehead atoms. The monoisotopic (exact) mass is 469 g/mol. The van der Waals surface area contributed by atoms with Crippen LogP contribution in [0.3, 0.4) is 0 Å². The first kappa shape index (κ1) is 22.6. The van der Waals surface area contributed by atoms with E-state index in [1.807, 2.05) is 6.92 Å². The van der Waals surface area contributed by atoms with Crippen molar-refractivity contribution in [3.63, 3.8) is 0 Å². The molecule has 2 aromatic rings. The number of esters is 2. The number of rotatable bonds is 7. The molecule has 162 valence electrons. The number of carbonyl (C=O) groups excluding carboxylic acids is 2. The topological polar surface area (TPSA) is 97.9 Å². The van der Waals surface area contributed by atoms with Gasteiger partial charge in [0.15, 0.2) is 15.5 Å². The van der Waals surface area contributed by atoms with Gasteiger partial charge in [-0.2, -0.15) is 0 Å². The number of phenolic OH excluding ortho intramolecular Hbond substituents is 1. The van der Waals surface area contributed by atoms with Gasteiger partial charge in [0, 0.05) is 10.8 Å². The number of aromatic amines is 1. The smallest absolute Gasteiger partial charge is 0.320 e. The van der Waals surface area contributed by atoms with Crippen molar-refractivity contribution in [2.24, 2.45) is 5.92 Å². The van der Waals surface area contributed by atoms with E-state index in [4.69, 9.17) is 26.4 Å². The van der Waals surface area contributed by atoms with E-state index in [1.54, 1.807) is 26.0 Å². The van der Waals surface area contributed by atoms with E-state index in [1.165, 1.54) is 29.2 Å². The summed E-state index contributed by atoms with van der Waals surface area (Å²) < 4.78 is 16.7. The van der Waals surface area contributed by atoms with Gasteiger partial charge >= 0.3 is 11.9 Å². The predicted molar refractivity (Wildman–Crippen MR) is 117 cm³/mol. The Morgan fingerprint density at radius 2 is 1.83 bits per heavy atom. The Morgan fingerprint density at radius 1 is 1.13 bits per heavy atom. The van der Waals surface area contributed by atoms with Crippen LogP contribution in [0, 0.1) is 9.87 Å². The third-order valence-electron chi connectivity index (χ3n) is 4.58. The minimum Gasteiger partial charge on any atom is -0.504 e. The van der Waals surface area contributed by atoms with Gasteiger partial charge in [-0.3, -0.25) is 9.59 Å². The van der Waals surface area contributed by atoms with E-state index >= 15 is 0 Å². The molecule has 0 saturated carbocycles. The molecule has 1 aromatic carbocycles. The minimum absolute atomic E-state index is 0.00216. The molecule has 3 rings (SSSR count). The Balaban J connectivity index is 2.18. The highest BCUT2D eigenvalue weighted by molar-refractivity contribution is 8.00. The number of H-pyrrole nitrogens is 1. The van der Waals surface area contributed by atoms with E-state index in [9.17, 15) is 14.7 Å². The third kappa shape index (κ3) is 4.50. The van der Waals surface area contributed by atoms with Crippen LogP contribution in [0.1, 0.15) is 37.1 Å². The van der Waals surface area contributed by atoms with E-state index in [0.717, 1.165) is 15.5 Å². The van der Waals surface area contributed by atoms with Crippen LogP contribution in [0.2, 0.25) is 0 Å². The molecule has 3 unspecified atom stereocenters. The molecule has 0 spiro atoms. The SMILES string of the molecule is CCOC(=O)C1Sc2[nH]c(=S)sc2C(c2ccc(O)c(OCC)c2)C1C(=O)OCC. The molecule has 3 atom stereocenters. The molecule has 2 N–H and O–H groups in total. The molecule has 1 aliphatic heterocycles. The van der Waals surface area contributed by atoms with Crippen LogP contribution >= 0.6 is 35.3 Å². The van der Waals surface area contributed by atoms with Gasteiger partial charge in [0.2, 0.25) is 0 Å². The molecule has 0 amide bonds. The molecule has 1 aromatic heterocycles. The Kier molecular flexibility index (Phi) is 7.43. The minimum atomic E-state index is -0.818. The lowest BCUT2D eigenvalue weighted by Crippen LogP contribution is -2.41. The highest BCUT2D eigenvalue weighted by Crippen LogP contribution is 2.51. The first-order valence-corrected chi connectivity index (χ1v) is 11.7. The van der Waals surface area contributed by atoms with Crippen molar-refractivity contribution in [2.45, 2.75) is 37.0 Å². The third-order valence-corrected chi connectivity index (χ3v) is 7.32. The number of hydrogen-bond donors (Lipinski definition) is 2. The number of hydrogen-bond acceptors (Lipinski definition) is 9.